The van der Waals surface area contributed by atoms with Gasteiger partial charge in [-0.15, -0.1) is 0 Å². The van der Waals surface area contributed by atoms with Crippen LogP contribution in [-0.2, 0) is 19.6 Å². The maximum Gasteiger partial charge on any atom is 0.243 e. The Bertz CT molecular complexity index is 728. The minimum absolute atomic E-state index is 0.0459. The molecule has 0 N–H and O–H groups in total. The second-order valence-electron chi connectivity index (χ2n) is 6.73. The second kappa shape index (κ2) is 7.23. The van der Waals surface area contributed by atoms with Crippen LogP contribution in [-0.4, -0.2) is 61.4 Å². The molecule has 0 bridgehead atoms. The molecule has 1 aromatic carbocycles. The Morgan fingerprint density at radius 1 is 1.16 bits per heavy atom. The van der Waals surface area contributed by atoms with Crippen molar-refractivity contribution in [3.63, 3.8) is 0 Å². The van der Waals surface area contributed by atoms with E-state index in [0.717, 1.165) is 0 Å². The van der Waals surface area contributed by atoms with Gasteiger partial charge in [-0.3, -0.25) is 4.79 Å². The Morgan fingerprint density at radius 2 is 1.76 bits per heavy atom. The van der Waals surface area contributed by atoms with Crippen molar-refractivity contribution in [1.29, 1.82) is 0 Å². The van der Waals surface area contributed by atoms with Crippen molar-refractivity contribution in [3.05, 3.63) is 29.3 Å². The van der Waals surface area contributed by atoms with Gasteiger partial charge in [-0.05, 0) is 51.0 Å². The molecule has 0 aromatic heterocycles. The summed E-state index contributed by atoms with van der Waals surface area (Å²) >= 11 is 5.85. The van der Waals surface area contributed by atoms with E-state index in [2.05, 4.69) is 0 Å². The fourth-order valence-corrected chi connectivity index (χ4v) is 5.36. The van der Waals surface area contributed by atoms with Crippen LogP contribution in [0.5, 0.6) is 0 Å². The lowest BCUT2D eigenvalue weighted by Crippen LogP contribution is -2.54. The number of ether oxygens (including phenoxy) is 1. The third kappa shape index (κ3) is 3.84. The lowest BCUT2D eigenvalue weighted by molar-refractivity contribution is -0.146. The summed E-state index contributed by atoms with van der Waals surface area (Å²) in [4.78, 5) is 14.9. The summed E-state index contributed by atoms with van der Waals surface area (Å²) in [5.74, 6) is -0.128. The van der Waals surface area contributed by atoms with Crippen LogP contribution >= 0.6 is 11.6 Å². The SMILES string of the molecule is C[C@@H]1CN(C(=O)[C@H]2CCCN2S(=O)(=O)c2ccc(Cl)cc2)C[C@H](C)O1. The monoisotopic (exact) mass is 386 g/mol. The fraction of sp³-hybridized carbons (Fsp3) is 0.588. The van der Waals surface area contributed by atoms with Crippen LogP contribution in [0.25, 0.3) is 0 Å². The summed E-state index contributed by atoms with van der Waals surface area (Å²) in [5, 5.41) is 0.476. The molecule has 0 spiro atoms. The molecular formula is C17H23ClN2O4S. The molecule has 3 rings (SSSR count). The van der Waals surface area contributed by atoms with Crippen molar-refractivity contribution in [3.8, 4) is 0 Å². The zero-order valence-electron chi connectivity index (χ0n) is 14.4. The van der Waals surface area contributed by atoms with Crippen molar-refractivity contribution in [2.45, 2.75) is 49.8 Å². The van der Waals surface area contributed by atoms with Crippen LogP contribution in [0.1, 0.15) is 26.7 Å². The molecule has 138 valence electrons. The number of morpholine rings is 1. The van der Waals surface area contributed by atoms with Gasteiger partial charge in [0.15, 0.2) is 0 Å². The maximum absolute atomic E-state index is 13.0. The molecule has 6 nitrogen and oxygen atoms in total. The Morgan fingerprint density at radius 3 is 2.36 bits per heavy atom. The quantitative estimate of drug-likeness (QED) is 0.798. The normalized spacial score (nSPS) is 28.3. The highest BCUT2D eigenvalue weighted by atomic mass is 35.5. The van der Waals surface area contributed by atoms with Gasteiger partial charge in [-0.25, -0.2) is 8.42 Å². The molecule has 8 heteroatoms. The molecule has 1 aromatic rings. The van der Waals surface area contributed by atoms with Crippen LogP contribution < -0.4 is 0 Å². The third-order valence-corrected chi connectivity index (χ3v) is 6.81. The Balaban J connectivity index is 1.82. The highest BCUT2D eigenvalue weighted by molar-refractivity contribution is 7.89. The molecule has 25 heavy (non-hydrogen) atoms. The summed E-state index contributed by atoms with van der Waals surface area (Å²) in [6, 6.07) is 5.42. The predicted molar refractivity (Wildman–Crippen MR) is 95.0 cm³/mol. The molecule has 3 atom stereocenters. The molecule has 2 saturated heterocycles. The first kappa shape index (κ1) is 18.6. The summed E-state index contributed by atoms with van der Waals surface area (Å²) in [6.45, 7) is 5.19. The van der Waals surface area contributed by atoms with E-state index in [-0.39, 0.29) is 23.0 Å². The first-order valence-electron chi connectivity index (χ1n) is 8.50. The van der Waals surface area contributed by atoms with Crippen LogP contribution in [0, 0.1) is 0 Å². The number of sulfonamides is 1. The van der Waals surface area contributed by atoms with Gasteiger partial charge in [0.2, 0.25) is 15.9 Å². The number of nitrogens with zero attached hydrogens (tertiary/aromatic N) is 2. The average Bonchev–Trinajstić information content (AvgIpc) is 3.04. The van der Waals surface area contributed by atoms with E-state index >= 15 is 0 Å². The van der Waals surface area contributed by atoms with Crippen LogP contribution in [0.15, 0.2) is 29.2 Å². The van der Waals surface area contributed by atoms with Gasteiger partial charge < -0.3 is 9.64 Å². The predicted octanol–water partition coefficient (Wildman–Crippen LogP) is 2.13. The minimum atomic E-state index is -3.72. The summed E-state index contributed by atoms with van der Waals surface area (Å²) < 4.78 is 32.9. The maximum atomic E-state index is 13.0. The van der Waals surface area contributed by atoms with Crippen molar-refractivity contribution < 1.29 is 17.9 Å². The first-order chi connectivity index (χ1) is 11.8. The molecule has 0 aliphatic carbocycles. The zero-order valence-corrected chi connectivity index (χ0v) is 16.0. The van der Waals surface area contributed by atoms with Gasteiger partial charge in [-0.2, -0.15) is 4.31 Å². The molecule has 0 radical (unpaired) electrons. The van der Waals surface area contributed by atoms with Gasteiger partial charge in [0.05, 0.1) is 17.1 Å². The number of rotatable bonds is 3. The number of hydrogen-bond acceptors (Lipinski definition) is 4. The largest absolute Gasteiger partial charge is 0.372 e. The number of carbonyl (C=O) groups is 1. The van der Waals surface area contributed by atoms with E-state index in [9.17, 15) is 13.2 Å². The lowest BCUT2D eigenvalue weighted by atomic mass is 10.1. The van der Waals surface area contributed by atoms with Crippen LogP contribution in [0.2, 0.25) is 5.02 Å². The number of amides is 1. The summed E-state index contributed by atoms with van der Waals surface area (Å²) in [7, 11) is -3.72. The van der Waals surface area contributed by atoms with E-state index in [1.54, 1.807) is 17.0 Å². The fourth-order valence-electron chi connectivity index (χ4n) is 3.59. The molecule has 2 heterocycles. The van der Waals surface area contributed by atoms with Crippen molar-refractivity contribution >= 4 is 27.5 Å². The van der Waals surface area contributed by atoms with Crippen LogP contribution in [0.3, 0.4) is 0 Å². The molecule has 0 unspecified atom stereocenters. The Labute approximate surface area is 153 Å². The average molecular weight is 387 g/mol. The van der Waals surface area contributed by atoms with Gasteiger partial charge in [-0.1, -0.05) is 11.6 Å². The van der Waals surface area contributed by atoms with Crippen LogP contribution in [0.4, 0.5) is 0 Å². The molecule has 2 aliphatic rings. The molecule has 2 fully saturated rings. The van der Waals surface area contributed by atoms with Crippen molar-refractivity contribution in [1.82, 2.24) is 9.21 Å². The molecular weight excluding hydrogens is 364 g/mol. The number of halogens is 1. The Hall–Kier alpha value is -1.15. The van der Waals surface area contributed by atoms with E-state index in [0.29, 0.717) is 37.5 Å². The molecule has 1 amide bonds. The van der Waals surface area contributed by atoms with E-state index < -0.39 is 16.1 Å². The first-order valence-corrected chi connectivity index (χ1v) is 10.3. The smallest absolute Gasteiger partial charge is 0.243 e. The van der Waals surface area contributed by atoms with Gasteiger partial charge in [0.1, 0.15) is 6.04 Å². The van der Waals surface area contributed by atoms with Crippen molar-refractivity contribution in [2.24, 2.45) is 0 Å². The van der Waals surface area contributed by atoms with E-state index in [1.165, 1.54) is 16.4 Å². The number of benzene rings is 1. The second-order valence-corrected chi connectivity index (χ2v) is 9.06. The number of hydrogen-bond donors (Lipinski definition) is 0. The van der Waals surface area contributed by atoms with Gasteiger partial charge in [0, 0.05) is 24.7 Å². The van der Waals surface area contributed by atoms with Gasteiger partial charge in [0.25, 0.3) is 0 Å². The Kier molecular flexibility index (Phi) is 5.39. The van der Waals surface area contributed by atoms with Crippen molar-refractivity contribution in [2.75, 3.05) is 19.6 Å². The molecule has 0 saturated carbocycles. The van der Waals surface area contributed by atoms with Gasteiger partial charge >= 0.3 is 0 Å². The standard InChI is InChI=1S/C17H23ClN2O4S/c1-12-10-19(11-13(2)24-12)17(21)16-4-3-9-20(16)25(22,23)15-7-5-14(18)6-8-15/h5-8,12-13,16H,3-4,9-11H2,1-2H3/t12-,13+,16-/m1/s1. The van der Waals surface area contributed by atoms with E-state index in [4.69, 9.17) is 16.3 Å². The highest BCUT2D eigenvalue weighted by Crippen LogP contribution is 2.28. The number of carbonyl (C=O) groups excluding carboxylic acids is 1. The third-order valence-electron chi connectivity index (χ3n) is 4.64. The minimum Gasteiger partial charge on any atom is -0.372 e. The lowest BCUT2D eigenvalue weighted by Gasteiger charge is -2.37. The summed E-state index contributed by atoms with van der Waals surface area (Å²) in [5.41, 5.74) is 0. The van der Waals surface area contributed by atoms with E-state index in [1.807, 2.05) is 13.8 Å². The zero-order chi connectivity index (χ0) is 18.2. The highest BCUT2D eigenvalue weighted by Gasteiger charge is 2.42. The molecule has 2 aliphatic heterocycles. The topological polar surface area (TPSA) is 66.9 Å². The summed E-state index contributed by atoms with van der Waals surface area (Å²) in [6.07, 6.45) is 1.13.